The number of amidine groups is 1. The van der Waals surface area contributed by atoms with Crippen LogP contribution in [-0.2, 0) is 14.8 Å². The number of hydrogen-bond acceptors (Lipinski definition) is 5. The van der Waals surface area contributed by atoms with Crippen molar-refractivity contribution in [1.29, 1.82) is 0 Å². The van der Waals surface area contributed by atoms with Gasteiger partial charge in [0.25, 0.3) is 0 Å². The van der Waals surface area contributed by atoms with Gasteiger partial charge < -0.3 is 15.7 Å². The van der Waals surface area contributed by atoms with Crippen LogP contribution in [0.15, 0.2) is 29.4 Å². The number of para-hydroxylation sites is 1. The smallest absolute Gasteiger partial charge is 0.237 e. The van der Waals surface area contributed by atoms with Gasteiger partial charge in [0.1, 0.15) is 0 Å². The van der Waals surface area contributed by atoms with Gasteiger partial charge >= 0.3 is 0 Å². The van der Waals surface area contributed by atoms with E-state index >= 15 is 0 Å². The molecular formula is C13H21N3O4S. The van der Waals surface area contributed by atoms with Crippen molar-refractivity contribution >= 4 is 21.5 Å². The van der Waals surface area contributed by atoms with Crippen molar-refractivity contribution < 1.29 is 18.4 Å². The van der Waals surface area contributed by atoms with Gasteiger partial charge in [-0.1, -0.05) is 17.3 Å². The van der Waals surface area contributed by atoms with Gasteiger partial charge in [-0.2, -0.15) is 0 Å². The Morgan fingerprint density at radius 2 is 2.05 bits per heavy atom. The van der Waals surface area contributed by atoms with E-state index in [4.69, 9.17) is 15.7 Å². The lowest BCUT2D eigenvalue weighted by Gasteiger charge is -2.22. The fourth-order valence-corrected chi connectivity index (χ4v) is 2.73. The number of sulfonamides is 1. The van der Waals surface area contributed by atoms with Crippen molar-refractivity contribution in [3.63, 3.8) is 0 Å². The third kappa shape index (κ3) is 4.61. The second-order valence-corrected chi connectivity index (χ2v) is 6.83. The molecule has 1 aromatic carbocycles. The molecule has 1 rings (SSSR count). The Labute approximate surface area is 125 Å². The van der Waals surface area contributed by atoms with Crippen LogP contribution in [0.5, 0.6) is 0 Å². The fourth-order valence-electron chi connectivity index (χ4n) is 1.69. The zero-order valence-corrected chi connectivity index (χ0v) is 13.2. The summed E-state index contributed by atoms with van der Waals surface area (Å²) in [6.45, 7) is 3.78. The summed E-state index contributed by atoms with van der Waals surface area (Å²) in [6.07, 6.45) is -0.0324. The van der Waals surface area contributed by atoms with Gasteiger partial charge in [0.15, 0.2) is 5.84 Å². The highest BCUT2D eigenvalue weighted by Crippen LogP contribution is 2.21. The summed E-state index contributed by atoms with van der Waals surface area (Å²) >= 11 is 0. The molecule has 8 heteroatoms. The van der Waals surface area contributed by atoms with Crippen LogP contribution in [0.4, 0.5) is 5.69 Å². The molecule has 0 aromatic heterocycles. The Morgan fingerprint density at radius 3 is 2.62 bits per heavy atom. The lowest BCUT2D eigenvalue weighted by atomic mass is 10.1. The maximum Gasteiger partial charge on any atom is 0.237 e. The van der Waals surface area contributed by atoms with Gasteiger partial charge in [0.05, 0.1) is 24.2 Å². The zero-order chi connectivity index (χ0) is 16.0. The number of hydrogen-bond donors (Lipinski definition) is 2. The third-order valence-electron chi connectivity index (χ3n) is 2.84. The van der Waals surface area contributed by atoms with Crippen LogP contribution in [0.2, 0.25) is 0 Å². The highest BCUT2D eigenvalue weighted by Gasteiger charge is 2.21. The number of nitrogens with two attached hydrogens (primary N) is 1. The van der Waals surface area contributed by atoms with Crippen molar-refractivity contribution in [1.82, 2.24) is 0 Å². The average molecular weight is 315 g/mol. The first kappa shape index (κ1) is 17.3. The number of nitrogens with zero attached hydrogens (tertiary/aromatic N) is 2. The molecule has 7 nitrogen and oxygen atoms in total. The number of rotatable bonds is 7. The molecule has 0 amide bonds. The number of benzene rings is 1. The predicted molar refractivity (Wildman–Crippen MR) is 82.2 cm³/mol. The highest BCUT2D eigenvalue weighted by molar-refractivity contribution is 7.92. The first-order chi connectivity index (χ1) is 9.79. The predicted octanol–water partition coefficient (Wildman–Crippen LogP) is 0.972. The van der Waals surface area contributed by atoms with E-state index in [9.17, 15) is 8.42 Å². The molecule has 0 aliphatic heterocycles. The zero-order valence-electron chi connectivity index (χ0n) is 12.4. The lowest BCUT2D eigenvalue weighted by molar-refractivity contribution is 0.0912. The van der Waals surface area contributed by atoms with Crippen LogP contribution < -0.4 is 10.0 Å². The number of anilines is 1. The van der Waals surface area contributed by atoms with Gasteiger partial charge in [-0.25, -0.2) is 8.42 Å². The van der Waals surface area contributed by atoms with Crippen LogP contribution in [0.25, 0.3) is 0 Å². The largest absolute Gasteiger partial charge is 0.409 e. The second-order valence-electron chi connectivity index (χ2n) is 4.71. The monoisotopic (exact) mass is 315 g/mol. The first-order valence-electron chi connectivity index (χ1n) is 6.44. The Kier molecular flexibility index (Phi) is 5.98. The summed E-state index contributed by atoms with van der Waals surface area (Å²) in [6, 6.07) is 6.54. The summed E-state index contributed by atoms with van der Waals surface area (Å²) in [5.41, 5.74) is 6.26. The SMILES string of the molecule is CC(C)OCCS(=O)(=O)N(C)c1ccccc1/C(N)=N/O. The molecule has 0 atom stereocenters. The molecule has 0 unspecified atom stereocenters. The van der Waals surface area contributed by atoms with E-state index in [1.807, 2.05) is 13.8 Å². The van der Waals surface area contributed by atoms with Gasteiger partial charge in [0, 0.05) is 12.6 Å². The molecule has 118 valence electrons. The molecule has 0 aliphatic rings. The molecule has 0 fully saturated rings. The highest BCUT2D eigenvalue weighted by atomic mass is 32.2. The molecule has 1 aromatic rings. The number of ether oxygens (including phenoxy) is 1. The molecule has 0 saturated heterocycles. The maximum absolute atomic E-state index is 12.3. The van der Waals surface area contributed by atoms with Crippen LogP contribution >= 0.6 is 0 Å². The van der Waals surface area contributed by atoms with Crippen LogP contribution in [0.3, 0.4) is 0 Å². The Hall–Kier alpha value is -1.80. The van der Waals surface area contributed by atoms with E-state index in [1.54, 1.807) is 24.3 Å². The minimum Gasteiger partial charge on any atom is -0.409 e. The summed E-state index contributed by atoms with van der Waals surface area (Å²) < 4.78 is 30.9. The first-order valence-corrected chi connectivity index (χ1v) is 8.05. The fraction of sp³-hybridized carbons (Fsp3) is 0.462. The van der Waals surface area contributed by atoms with E-state index in [0.717, 1.165) is 4.31 Å². The van der Waals surface area contributed by atoms with Crippen molar-refractivity contribution in [2.75, 3.05) is 23.7 Å². The molecule has 0 radical (unpaired) electrons. The lowest BCUT2D eigenvalue weighted by Crippen LogP contribution is -2.33. The Balaban J connectivity index is 3.00. The van der Waals surface area contributed by atoms with Gasteiger partial charge in [-0.3, -0.25) is 4.31 Å². The van der Waals surface area contributed by atoms with Crippen molar-refractivity contribution in [3.05, 3.63) is 29.8 Å². The molecule has 0 spiro atoms. The summed E-state index contributed by atoms with van der Waals surface area (Å²) in [7, 11) is -2.13. The summed E-state index contributed by atoms with van der Waals surface area (Å²) in [5.74, 6) is -0.294. The van der Waals surface area contributed by atoms with Gasteiger partial charge in [0.2, 0.25) is 10.0 Å². The summed E-state index contributed by atoms with van der Waals surface area (Å²) in [5, 5.41) is 11.7. The molecule has 3 N–H and O–H groups in total. The van der Waals surface area contributed by atoms with Gasteiger partial charge in [-0.05, 0) is 26.0 Å². The number of oxime groups is 1. The van der Waals surface area contributed by atoms with Crippen molar-refractivity contribution in [2.45, 2.75) is 20.0 Å². The molecule has 21 heavy (non-hydrogen) atoms. The van der Waals surface area contributed by atoms with E-state index < -0.39 is 10.0 Å². The van der Waals surface area contributed by atoms with E-state index in [0.29, 0.717) is 11.3 Å². The quantitative estimate of drug-likeness (QED) is 0.337. The molecule has 0 bridgehead atoms. The summed E-state index contributed by atoms with van der Waals surface area (Å²) in [4.78, 5) is 0. The second kappa shape index (κ2) is 7.28. The minimum atomic E-state index is -3.56. The maximum atomic E-state index is 12.3. The third-order valence-corrected chi connectivity index (χ3v) is 4.55. The Bertz CT molecular complexity index is 599. The molecular weight excluding hydrogens is 294 g/mol. The minimum absolute atomic E-state index is 0.0324. The average Bonchev–Trinajstić information content (AvgIpc) is 2.45. The van der Waals surface area contributed by atoms with Crippen LogP contribution in [-0.4, -0.2) is 45.0 Å². The van der Waals surface area contributed by atoms with Crippen LogP contribution in [0.1, 0.15) is 19.4 Å². The van der Waals surface area contributed by atoms with E-state index in [1.165, 1.54) is 7.05 Å². The van der Waals surface area contributed by atoms with E-state index in [-0.39, 0.29) is 24.3 Å². The molecule has 0 saturated carbocycles. The normalized spacial score (nSPS) is 12.7. The molecule has 0 heterocycles. The molecule has 0 aliphatic carbocycles. The standard InChI is InChI=1S/C13H21N3O4S/c1-10(2)20-8-9-21(18,19)16(3)12-7-5-4-6-11(12)13(14)15-17/h4-7,10,17H,8-9H2,1-3H3,(H2,14,15). The topological polar surface area (TPSA) is 105 Å². The van der Waals surface area contributed by atoms with Crippen LogP contribution in [0, 0.1) is 0 Å². The van der Waals surface area contributed by atoms with E-state index in [2.05, 4.69) is 5.16 Å². The Morgan fingerprint density at radius 1 is 1.43 bits per heavy atom. The van der Waals surface area contributed by atoms with Crippen molar-refractivity contribution in [2.24, 2.45) is 10.9 Å². The van der Waals surface area contributed by atoms with Gasteiger partial charge in [-0.15, -0.1) is 0 Å². The van der Waals surface area contributed by atoms with Crippen molar-refractivity contribution in [3.8, 4) is 0 Å².